The van der Waals surface area contributed by atoms with E-state index in [9.17, 15) is 19.7 Å². The fourth-order valence-electron chi connectivity index (χ4n) is 1.71. The summed E-state index contributed by atoms with van der Waals surface area (Å²) < 4.78 is 0. The molecule has 0 aromatic carbocycles. The van der Waals surface area contributed by atoms with Crippen molar-refractivity contribution in [3.63, 3.8) is 0 Å². The van der Waals surface area contributed by atoms with Crippen molar-refractivity contribution >= 4 is 23.4 Å². The average molecular weight is 296 g/mol. The van der Waals surface area contributed by atoms with Crippen LogP contribution in [-0.4, -0.2) is 32.9 Å². The summed E-state index contributed by atoms with van der Waals surface area (Å²) in [4.78, 5) is 36.2. The van der Waals surface area contributed by atoms with Crippen LogP contribution in [0.3, 0.4) is 0 Å². The number of nitrogens with two attached hydrogens (primary N) is 1. The van der Waals surface area contributed by atoms with E-state index >= 15 is 0 Å². The van der Waals surface area contributed by atoms with Crippen molar-refractivity contribution in [1.82, 2.24) is 4.98 Å². The topological polar surface area (TPSA) is 148 Å². The van der Waals surface area contributed by atoms with Gasteiger partial charge in [-0.05, 0) is 12.3 Å². The molecule has 1 aromatic rings. The fraction of sp³-hybridized carbons (Fsp3) is 0.417. The molecule has 9 heteroatoms. The second kappa shape index (κ2) is 6.64. The lowest BCUT2D eigenvalue weighted by atomic mass is 10.0. The summed E-state index contributed by atoms with van der Waals surface area (Å²) >= 11 is 0. The first-order valence-electron chi connectivity index (χ1n) is 6.16. The maximum absolute atomic E-state index is 11.3. The van der Waals surface area contributed by atoms with Crippen LogP contribution in [0.2, 0.25) is 0 Å². The molecule has 9 nitrogen and oxygen atoms in total. The van der Waals surface area contributed by atoms with E-state index in [1.165, 1.54) is 0 Å². The molecule has 0 aliphatic heterocycles. The van der Waals surface area contributed by atoms with Crippen LogP contribution in [-0.2, 0) is 4.79 Å². The van der Waals surface area contributed by atoms with E-state index in [1.54, 1.807) is 0 Å². The number of hydrogen-bond donors (Lipinski definition) is 3. The highest BCUT2D eigenvalue weighted by atomic mass is 16.6. The van der Waals surface area contributed by atoms with Crippen molar-refractivity contribution in [2.24, 2.45) is 11.7 Å². The van der Waals surface area contributed by atoms with Gasteiger partial charge in [0.2, 0.25) is 0 Å². The quantitative estimate of drug-likeness (QED) is 0.502. The number of nitrogens with zero attached hydrogens (tertiary/aromatic N) is 2. The van der Waals surface area contributed by atoms with Gasteiger partial charge in [0.05, 0.1) is 10.5 Å². The van der Waals surface area contributed by atoms with E-state index in [0.717, 1.165) is 12.3 Å². The van der Waals surface area contributed by atoms with Crippen LogP contribution in [0.1, 0.15) is 30.6 Å². The molecule has 4 N–H and O–H groups in total. The van der Waals surface area contributed by atoms with Crippen molar-refractivity contribution in [2.75, 3.05) is 5.32 Å². The van der Waals surface area contributed by atoms with Crippen molar-refractivity contribution < 1.29 is 19.6 Å². The van der Waals surface area contributed by atoms with E-state index in [-0.39, 0.29) is 17.3 Å². The van der Waals surface area contributed by atoms with E-state index in [0.29, 0.717) is 6.42 Å². The highest BCUT2D eigenvalue weighted by Crippen LogP contribution is 2.20. The Bertz CT molecular complexity index is 573. The maximum atomic E-state index is 11.3. The molecular weight excluding hydrogens is 280 g/mol. The number of primary amides is 1. The van der Waals surface area contributed by atoms with E-state index < -0.39 is 28.5 Å². The van der Waals surface area contributed by atoms with Crippen LogP contribution in [0.5, 0.6) is 0 Å². The number of nitrogens with one attached hydrogen (secondary N) is 1. The van der Waals surface area contributed by atoms with Crippen LogP contribution >= 0.6 is 0 Å². The van der Waals surface area contributed by atoms with Gasteiger partial charge in [0, 0.05) is 6.07 Å². The Hall–Kier alpha value is -2.71. The Morgan fingerprint density at radius 3 is 2.57 bits per heavy atom. The van der Waals surface area contributed by atoms with Crippen molar-refractivity contribution in [1.29, 1.82) is 0 Å². The molecule has 0 saturated heterocycles. The third-order valence-corrected chi connectivity index (χ3v) is 2.67. The lowest BCUT2D eigenvalue weighted by molar-refractivity contribution is -0.385. The Kier molecular flexibility index (Phi) is 5.17. The van der Waals surface area contributed by atoms with Gasteiger partial charge >= 0.3 is 5.97 Å². The summed E-state index contributed by atoms with van der Waals surface area (Å²) in [5.41, 5.74) is 4.53. The predicted octanol–water partition coefficient (Wildman–Crippen LogP) is 1.000. The maximum Gasteiger partial charge on any atom is 0.326 e. The fourth-order valence-corrected chi connectivity index (χ4v) is 1.71. The highest BCUT2D eigenvalue weighted by molar-refractivity contribution is 5.98. The van der Waals surface area contributed by atoms with Gasteiger partial charge in [-0.15, -0.1) is 0 Å². The zero-order chi connectivity index (χ0) is 16.2. The Morgan fingerprint density at radius 1 is 1.52 bits per heavy atom. The molecule has 0 saturated carbocycles. The lowest BCUT2D eigenvalue weighted by Gasteiger charge is -2.18. The minimum absolute atomic E-state index is 0.0823. The van der Waals surface area contributed by atoms with Gasteiger partial charge in [0.15, 0.2) is 0 Å². The first-order chi connectivity index (χ1) is 9.72. The Labute approximate surface area is 120 Å². The van der Waals surface area contributed by atoms with Gasteiger partial charge in [0.25, 0.3) is 11.6 Å². The monoisotopic (exact) mass is 296 g/mol. The molecule has 1 heterocycles. The smallest absolute Gasteiger partial charge is 0.326 e. The Morgan fingerprint density at radius 2 is 2.14 bits per heavy atom. The van der Waals surface area contributed by atoms with Crippen LogP contribution in [0.4, 0.5) is 11.5 Å². The van der Waals surface area contributed by atoms with Gasteiger partial charge in [-0.3, -0.25) is 14.9 Å². The molecule has 1 rings (SSSR count). The Balaban J connectivity index is 3.13. The zero-order valence-electron chi connectivity index (χ0n) is 11.6. The second-order valence-electron chi connectivity index (χ2n) is 4.88. The second-order valence-corrected chi connectivity index (χ2v) is 4.88. The molecule has 0 fully saturated rings. The summed E-state index contributed by atoms with van der Waals surface area (Å²) in [7, 11) is 0. The normalized spacial score (nSPS) is 12.0. The number of aliphatic carboxylic acids is 1. The minimum atomic E-state index is -1.11. The van der Waals surface area contributed by atoms with Gasteiger partial charge in [-0.25, -0.2) is 9.78 Å². The summed E-state index contributed by atoms with van der Waals surface area (Å²) in [6.07, 6.45) is 1.23. The van der Waals surface area contributed by atoms with Crippen LogP contribution in [0.25, 0.3) is 0 Å². The van der Waals surface area contributed by atoms with Crippen LogP contribution < -0.4 is 11.1 Å². The summed E-state index contributed by atoms with van der Waals surface area (Å²) in [6, 6.07) is -0.0107. The molecule has 0 aliphatic rings. The first-order valence-corrected chi connectivity index (χ1v) is 6.16. The number of pyridine rings is 1. The van der Waals surface area contributed by atoms with Gasteiger partial charge in [0.1, 0.15) is 18.1 Å². The number of carboxylic acids is 1. The number of nitro groups is 1. The third-order valence-electron chi connectivity index (χ3n) is 2.67. The predicted molar refractivity (Wildman–Crippen MR) is 73.9 cm³/mol. The summed E-state index contributed by atoms with van der Waals surface area (Å²) in [5.74, 6) is -2.03. The molecule has 1 amide bonds. The van der Waals surface area contributed by atoms with Crippen molar-refractivity contribution in [2.45, 2.75) is 26.3 Å². The minimum Gasteiger partial charge on any atom is -0.480 e. The molecule has 114 valence electrons. The van der Waals surface area contributed by atoms with Gasteiger partial charge < -0.3 is 16.2 Å². The average Bonchev–Trinajstić information content (AvgIpc) is 2.37. The van der Waals surface area contributed by atoms with Crippen LogP contribution in [0.15, 0.2) is 12.3 Å². The number of anilines is 1. The third kappa shape index (κ3) is 4.41. The zero-order valence-corrected chi connectivity index (χ0v) is 11.6. The van der Waals surface area contributed by atoms with Crippen LogP contribution in [0, 0.1) is 16.0 Å². The van der Waals surface area contributed by atoms with E-state index in [1.807, 2.05) is 13.8 Å². The number of amides is 1. The van der Waals surface area contributed by atoms with E-state index in [4.69, 9.17) is 10.8 Å². The number of carboxylic acid groups (broad SMARTS) is 1. The molecule has 0 bridgehead atoms. The SMILES string of the molecule is CC(C)CC(Nc1ncc([N+](=O)[O-])cc1C(N)=O)C(=O)O. The van der Waals surface area contributed by atoms with Crippen molar-refractivity contribution in [3.05, 3.63) is 27.9 Å². The molecule has 0 aliphatic carbocycles. The number of carbonyl (C=O) groups is 2. The molecule has 1 unspecified atom stereocenters. The van der Waals surface area contributed by atoms with E-state index in [2.05, 4.69) is 10.3 Å². The summed E-state index contributed by atoms with van der Waals surface area (Å²) in [6.45, 7) is 3.69. The molecule has 0 spiro atoms. The number of carbonyl (C=O) groups excluding carboxylic acids is 1. The summed E-state index contributed by atoms with van der Waals surface area (Å²) in [5, 5.41) is 22.4. The molecule has 21 heavy (non-hydrogen) atoms. The lowest BCUT2D eigenvalue weighted by Crippen LogP contribution is -2.32. The molecule has 1 atom stereocenters. The molecule has 1 aromatic heterocycles. The van der Waals surface area contributed by atoms with Gasteiger partial charge in [-0.1, -0.05) is 13.8 Å². The van der Waals surface area contributed by atoms with Crippen molar-refractivity contribution in [3.8, 4) is 0 Å². The first kappa shape index (κ1) is 16.3. The standard InChI is InChI=1S/C12H16N4O5/c1-6(2)3-9(12(18)19)15-11-8(10(13)17)4-7(5-14-11)16(20)21/h4-6,9H,3H2,1-2H3,(H2,13,17)(H,14,15)(H,18,19). The van der Waals surface area contributed by atoms with Gasteiger partial charge in [-0.2, -0.15) is 0 Å². The number of rotatable bonds is 7. The number of hydrogen-bond acceptors (Lipinski definition) is 6. The highest BCUT2D eigenvalue weighted by Gasteiger charge is 2.23. The molecule has 0 radical (unpaired) electrons. The number of aromatic nitrogens is 1. The largest absolute Gasteiger partial charge is 0.480 e. The molecular formula is C12H16N4O5.